The van der Waals surface area contributed by atoms with Gasteiger partial charge >= 0.3 is 0 Å². The van der Waals surface area contributed by atoms with Crippen molar-refractivity contribution in [2.45, 2.75) is 25.0 Å². The van der Waals surface area contributed by atoms with Crippen LogP contribution < -0.4 is 5.32 Å². The summed E-state index contributed by atoms with van der Waals surface area (Å²) in [6.07, 6.45) is 2.94. The number of morpholine rings is 1. The largest absolute Gasteiger partial charge is 0.394 e. The van der Waals surface area contributed by atoms with Gasteiger partial charge in [-0.05, 0) is 19.4 Å². The van der Waals surface area contributed by atoms with Gasteiger partial charge in [-0.2, -0.15) is 0 Å². The van der Waals surface area contributed by atoms with E-state index in [0.29, 0.717) is 25.4 Å². The second-order valence-corrected chi connectivity index (χ2v) is 4.79. The van der Waals surface area contributed by atoms with Crippen molar-refractivity contribution < 1.29 is 14.6 Å². The van der Waals surface area contributed by atoms with E-state index in [1.807, 2.05) is 0 Å². The van der Waals surface area contributed by atoms with E-state index in [0.717, 1.165) is 26.2 Å². The first-order chi connectivity index (χ1) is 8.40. The second kappa shape index (κ2) is 7.28. The number of nitrogens with zero attached hydrogens (tertiary/aromatic N) is 1. The van der Waals surface area contributed by atoms with Crippen LogP contribution in [0.15, 0.2) is 0 Å². The molecule has 2 aliphatic heterocycles. The van der Waals surface area contributed by atoms with Crippen molar-refractivity contribution in [3.8, 4) is 0 Å². The molecule has 0 amide bonds. The van der Waals surface area contributed by atoms with Gasteiger partial charge in [0.1, 0.15) is 0 Å². The molecule has 2 unspecified atom stereocenters. The van der Waals surface area contributed by atoms with Crippen molar-refractivity contribution in [3.05, 3.63) is 0 Å². The molecule has 0 aromatic heterocycles. The van der Waals surface area contributed by atoms with Crippen LogP contribution in [0.25, 0.3) is 0 Å². The third-order valence-electron chi connectivity index (χ3n) is 3.49. The van der Waals surface area contributed by atoms with Gasteiger partial charge in [-0.3, -0.25) is 4.90 Å². The third kappa shape index (κ3) is 4.19. The highest BCUT2D eigenvalue weighted by molar-refractivity contribution is 4.85. The number of aliphatic hydroxyl groups excluding tert-OH is 1. The molecule has 2 N–H and O–H groups in total. The number of fused-ring (bicyclic) bond motifs is 1. The summed E-state index contributed by atoms with van der Waals surface area (Å²) in [5, 5.41) is 11.9. The van der Waals surface area contributed by atoms with E-state index in [4.69, 9.17) is 14.6 Å². The van der Waals surface area contributed by atoms with Gasteiger partial charge in [0, 0.05) is 25.7 Å². The van der Waals surface area contributed by atoms with Crippen LogP contribution in [0, 0.1) is 0 Å². The molecule has 100 valence electrons. The summed E-state index contributed by atoms with van der Waals surface area (Å²) in [5.41, 5.74) is 0. The summed E-state index contributed by atoms with van der Waals surface area (Å²) in [7, 11) is 0. The number of rotatable bonds is 7. The maximum absolute atomic E-state index is 8.54. The van der Waals surface area contributed by atoms with Crippen LogP contribution in [0.4, 0.5) is 0 Å². The second-order valence-electron chi connectivity index (χ2n) is 4.79. The zero-order valence-electron chi connectivity index (χ0n) is 10.4. The lowest BCUT2D eigenvalue weighted by atomic mass is 10.2. The molecule has 2 fully saturated rings. The molecule has 0 aromatic rings. The van der Waals surface area contributed by atoms with Gasteiger partial charge in [0.2, 0.25) is 0 Å². The highest BCUT2D eigenvalue weighted by atomic mass is 16.5. The van der Waals surface area contributed by atoms with E-state index in [9.17, 15) is 0 Å². The van der Waals surface area contributed by atoms with Crippen LogP contribution in [0.5, 0.6) is 0 Å². The Hall–Kier alpha value is -0.200. The number of aliphatic hydroxyl groups is 1. The topological polar surface area (TPSA) is 54.0 Å². The van der Waals surface area contributed by atoms with Crippen molar-refractivity contribution in [1.82, 2.24) is 10.2 Å². The van der Waals surface area contributed by atoms with E-state index in [-0.39, 0.29) is 6.61 Å². The Balaban J connectivity index is 1.51. The molecular formula is C12H24N2O3. The fourth-order valence-corrected chi connectivity index (χ4v) is 2.58. The number of ether oxygens (including phenoxy) is 2. The van der Waals surface area contributed by atoms with Gasteiger partial charge in [-0.15, -0.1) is 0 Å². The molecule has 17 heavy (non-hydrogen) atoms. The zero-order chi connectivity index (χ0) is 11.9. The summed E-state index contributed by atoms with van der Waals surface area (Å²) in [6.45, 7) is 6.10. The van der Waals surface area contributed by atoms with Gasteiger partial charge in [0.25, 0.3) is 0 Å². The Bertz CT molecular complexity index is 216. The Morgan fingerprint density at radius 1 is 1.41 bits per heavy atom. The number of hydrogen-bond acceptors (Lipinski definition) is 5. The SMILES string of the molecule is OCCOCCNCC1CN2CCCC2CO1. The van der Waals surface area contributed by atoms with Gasteiger partial charge in [-0.1, -0.05) is 0 Å². The fraction of sp³-hybridized carbons (Fsp3) is 1.00. The lowest BCUT2D eigenvalue weighted by Crippen LogP contribution is -2.49. The van der Waals surface area contributed by atoms with Crippen LogP contribution in [0.2, 0.25) is 0 Å². The Morgan fingerprint density at radius 2 is 2.35 bits per heavy atom. The molecule has 5 nitrogen and oxygen atoms in total. The van der Waals surface area contributed by atoms with Crippen LogP contribution >= 0.6 is 0 Å². The first kappa shape index (κ1) is 13.2. The lowest BCUT2D eigenvalue weighted by Gasteiger charge is -2.35. The molecule has 2 heterocycles. The van der Waals surface area contributed by atoms with Crippen molar-refractivity contribution in [3.63, 3.8) is 0 Å². The molecule has 0 bridgehead atoms. The number of nitrogens with one attached hydrogen (secondary N) is 1. The van der Waals surface area contributed by atoms with Crippen molar-refractivity contribution in [2.75, 3.05) is 52.6 Å². The summed E-state index contributed by atoms with van der Waals surface area (Å²) in [4.78, 5) is 2.55. The molecule has 5 heteroatoms. The summed E-state index contributed by atoms with van der Waals surface area (Å²) < 4.78 is 11.0. The standard InChI is InChI=1S/C12H24N2O3/c15-5-7-16-6-3-13-8-12-9-14-4-1-2-11(14)10-17-12/h11-13,15H,1-10H2. The number of hydrogen-bond donors (Lipinski definition) is 2. The monoisotopic (exact) mass is 244 g/mol. The molecule has 0 radical (unpaired) electrons. The Labute approximate surface area is 103 Å². The first-order valence-corrected chi connectivity index (χ1v) is 6.65. The Kier molecular flexibility index (Phi) is 5.67. The van der Waals surface area contributed by atoms with E-state index < -0.39 is 0 Å². The highest BCUT2D eigenvalue weighted by Gasteiger charge is 2.31. The van der Waals surface area contributed by atoms with Gasteiger partial charge in [0.05, 0.1) is 32.5 Å². The van der Waals surface area contributed by atoms with Crippen molar-refractivity contribution >= 4 is 0 Å². The molecule has 0 spiro atoms. The summed E-state index contributed by atoms with van der Waals surface area (Å²) >= 11 is 0. The lowest BCUT2D eigenvalue weighted by molar-refractivity contribution is -0.0474. The smallest absolute Gasteiger partial charge is 0.0827 e. The molecule has 2 atom stereocenters. The van der Waals surface area contributed by atoms with E-state index in [1.54, 1.807) is 0 Å². The van der Waals surface area contributed by atoms with E-state index in [2.05, 4.69) is 10.2 Å². The van der Waals surface area contributed by atoms with E-state index >= 15 is 0 Å². The van der Waals surface area contributed by atoms with Crippen molar-refractivity contribution in [1.29, 1.82) is 0 Å². The molecule has 0 aliphatic carbocycles. The molecule has 0 saturated carbocycles. The quantitative estimate of drug-likeness (QED) is 0.589. The molecule has 2 rings (SSSR count). The molecule has 0 aromatic carbocycles. The third-order valence-corrected chi connectivity index (χ3v) is 3.49. The highest BCUT2D eigenvalue weighted by Crippen LogP contribution is 2.22. The van der Waals surface area contributed by atoms with Crippen LogP contribution in [-0.2, 0) is 9.47 Å². The molecule has 2 saturated heterocycles. The van der Waals surface area contributed by atoms with Crippen molar-refractivity contribution in [2.24, 2.45) is 0 Å². The predicted molar refractivity (Wildman–Crippen MR) is 65.1 cm³/mol. The fourth-order valence-electron chi connectivity index (χ4n) is 2.58. The normalized spacial score (nSPS) is 29.5. The molecule has 2 aliphatic rings. The summed E-state index contributed by atoms with van der Waals surface area (Å²) in [5.74, 6) is 0. The minimum Gasteiger partial charge on any atom is -0.394 e. The maximum atomic E-state index is 8.54. The Morgan fingerprint density at radius 3 is 3.24 bits per heavy atom. The van der Waals surface area contributed by atoms with Gasteiger partial charge < -0.3 is 19.9 Å². The zero-order valence-corrected chi connectivity index (χ0v) is 10.4. The van der Waals surface area contributed by atoms with Crippen LogP contribution in [0.1, 0.15) is 12.8 Å². The maximum Gasteiger partial charge on any atom is 0.0827 e. The van der Waals surface area contributed by atoms with Crippen LogP contribution in [-0.4, -0.2) is 74.8 Å². The van der Waals surface area contributed by atoms with Crippen LogP contribution in [0.3, 0.4) is 0 Å². The summed E-state index contributed by atoms with van der Waals surface area (Å²) in [6, 6.07) is 0.680. The average molecular weight is 244 g/mol. The first-order valence-electron chi connectivity index (χ1n) is 6.65. The van der Waals surface area contributed by atoms with Gasteiger partial charge in [0.15, 0.2) is 0 Å². The molecular weight excluding hydrogens is 220 g/mol. The predicted octanol–water partition coefficient (Wildman–Crippen LogP) is -0.552. The minimum absolute atomic E-state index is 0.0993. The van der Waals surface area contributed by atoms with E-state index in [1.165, 1.54) is 19.4 Å². The minimum atomic E-state index is 0.0993. The average Bonchev–Trinajstić information content (AvgIpc) is 2.81. The van der Waals surface area contributed by atoms with Gasteiger partial charge in [-0.25, -0.2) is 0 Å².